The second-order valence-electron chi connectivity index (χ2n) is 2.88. The summed E-state index contributed by atoms with van der Waals surface area (Å²) in [5.74, 6) is -0.356. The van der Waals surface area contributed by atoms with E-state index in [2.05, 4.69) is 0 Å². The van der Waals surface area contributed by atoms with Crippen LogP contribution in [0.2, 0.25) is 0 Å². The molecule has 1 aromatic carbocycles. The van der Waals surface area contributed by atoms with Gasteiger partial charge in [0.2, 0.25) is 0 Å². The summed E-state index contributed by atoms with van der Waals surface area (Å²) in [6.45, 7) is 0. The normalized spacial score (nSPS) is 15.1. The molecule has 14 heavy (non-hydrogen) atoms. The molecule has 2 N–H and O–H groups in total. The second-order valence-corrected chi connectivity index (χ2v) is 3.93. The number of aliphatic hydroxyl groups excluding tert-OH is 1. The van der Waals surface area contributed by atoms with E-state index >= 15 is 0 Å². The quantitative estimate of drug-likeness (QED) is 0.752. The van der Waals surface area contributed by atoms with Crippen LogP contribution in [0.5, 0.6) is 0 Å². The average molecular weight is 218 g/mol. The molecule has 0 saturated carbocycles. The maximum atomic E-state index is 12.5. The van der Waals surface area contributed by atoms with Crippen molar-refractivity contribution in [3.05, 3.63) is 35.6 Å². The van der Waals surface area contributed by atoms with Crippen LogP contribution < -0.4 is 0 Å². The third-order valence-electron chi connectivity index (χ3n) is 1.82. The van der Waals surface area contributed by atoms with Gasteiger partial charge in [0.25, 0.3) is 0 Å². The van der Waals surface area contributed by atoms with Crippen LogP contribution in [0.1, 0.15) is 18.1 Å². The van der Waals surface area contributed by atoms with E-state index < -0.39 is 17.2 Å². The van der Waals surface area contributed by atoms with Crippen LogP contribution in [-0.4, -0.2) is 19.6 Å². The molecule has 0 heterocycles. The van der Waals surface area contributed by atoms with Gasteiger partial charge >= 0.3 is 0 Å². The predicted octanol–water partition coefficient (Wildman–Crippen LogP) is 1.47. The molecule has 1 rings (SSSR count). The largest absolute Gasteiger partial charge is 0.388 e. The van der Waals surface area contributed by atoms with E-state index in [-0.39, 0.29) is 18.0 Å². The molecule has 78 valence electrons. The first-order valence-electron chi connectivity index (χ1n) is 4.10. The van der Waals surface area contributed by atoms with Crippen LogP contribution in [0, 0.1) is 5.82 Å². The van der Waals surface area contributed by atoms with Gasteiger partial charge in [0.15, 0.2) is 11.1 Å². The van der Waals surface area contributed by atoms with E-state index in [1.54, 1.807) is 0 Å². The Labute approximate surface area is 83.9 Å². The first kappa shape index (κ1) is 11.3. The molecule has 0 aliphatic carbocycles. The molecule has 0 spiro atoms. The molecule has 0 fully saturated rings. The van der Waals surface area contributed by atoms with Gasteiger partial charge in [0.05, 0.1) is 11.9 Å². The molecule has 0 aromatic heterocycles. The SMILES string of the molecule is O=S(O)CCC(O)c1ccc(F)cc1. The maximum absolute atomic E-state index is 12.5. The van der Waals surface area contributed by atoms with Crippen molar-refractivity contribution in [1.29, 1.82) is 0 Å². The Hall–Kier alpha value is -0.780. The van der Waals surface area contributed by atoms with Gasteiger partial charge in [-0.3, -0.25) is 0 Å². The smallest absolute Gasteiger partial charge is 0.152 e. The third kappa shape index (κ3) is 3.53. The van der Waals surface area contributed by atoms with E-state index in [1.165, 1.54) is 24.3 Å². The minimum absolute atomic E-state index is 0.0124. The first-order valence-corrected chi connectivity index (χ1v) is 5.38. The fraction of sp³-hybridized carbons (Fsp3) is 0.333. The number of hydrogen-bond acceptors (Lipinski definition) is 2. The molecule has 5 heteroatoms. The van der Waals surface area contributed by atoms with Crippen LogP contribution in [0.15, 0.2) is 24.3 Å². The van der Waals surface area contributed by atoms with Gasteiger partial charge in [0, 0.05) is 0 Å². The van der Waals surface area contributed by atoms with Gasteiger partial charge < -0.3 is 9.66 Å². The highest BCUT2D eigenvalue weighted by molar-refractivity contribution is 7.79. The highest BCUT2D eigenvalue weighted by atomic mass is 32.2. The van der Waals surface area contributed by atoms with Gasteiger partial charge in [-0.1, -0.05) is 12.1 Å². The topological polar surface area (TPSA) is 57.5 Å². The number of aliphatic hydroxyl groups is 1. The average Bonchev–Trinajstić information content (AvgIpc) is 2.15. The number of halogens is 1. The monoisotopic (exact) mass is 218 g/mol. The Bertz CT molecular complexity index is 312. The van der Waals surface area contributed by atoms with E-state index in [1.807, 2.05) is 0 Å². The molecule has 0 saturated heterocycles. The van der Waals surface area contributed by atoms with Gasteiger partial charge in [-0.2, -0.15) is 0 Å². The summed E-state index contributed by atoms with van der Waals surface area (Å²) in [4.78, 5) is 0. The fourth-order valence-electron chi connectivity index (χ4n) is 1.06. The van der Waals surface area contributed by atoms with Crippen molar-refractivity contribution >= 4 is 11.1 Å². The molecule has 0 amide bonds. The van der Waals surface area contributed by atoms with Crippen molar-refractivity contribution in [2.45, 2.75) is 12.5 Å². The molecular formula is C9H11FO3S. The second kappa shape index (κ2) is 5.19. The molecule has 1 aromatic rings. The summed E-state index contributed by atoms with van der Waals surface area (Å²) in [7, 11) is 0. The lowest BCUT2D eigenvalue weighted by atomic mass is 10.1. The van der Waals surface area contributed by atoms with Crippen LogP contribution >= 0.6 is 0 Å². The Balaban J connectivity index is 2.56. The highest BCUT2D eigenvalue weighted by Gasteiger charge is 2.08. The maximum Gasteiger partial charge on any atom is 0.152 e. The summed E-state index contributed by atoms with van der Waals surface area (Å²) in [6.07, 6.45) is -0.624. The summed E-state index contributed by atoms with van der Waals surface area (Å²) in [5.41, 5.74) is 0.553. The molecule has 2 atom stereocenters. The predicted molar refractivity (Wildman–Crippen MR) is 51.6 cm³/mol. The van der Waals surface area contributed by atoms with E-state index in [4.69, 9.17) is 4.55 Å². The van der Waals surface area contributed by atoms with Crippen LogP contribution in [0.4, 0.5) is 4.39 Å². The fourth-order valence-corrected chi connectivity index (χ4v) is 1.49. The molecule has 3 nitrogen and oxygen atoms in total. The highest BCUT2D eigenvalue weighted by Crippen LogP contribution is 2.16. The van der Waals surface area contributed by atoms with Crippen LogP contribution in [-0.2, 0) is 11.1 Å². The van der Waals surface area contributed by atoms with E-state index in [9.17, 15) is 13.7 Å². The van der Waals surface area contributed by atoms with Crippen molar-refractivity contribution in [3.8, 4) is 0 Å². The summed E-state index contributed by atoms with van der Waals surface area (Å²) >= 11 is -1.90. The number of rotatable bonds is 4. The lowest BCUT2D eigenvalue weighted by Gasteiger charge is -2.08. The van der Waals surface area contributed by atoms with Gasteiger partial charge in [0.1, 0.15) is 5.82 Å². The van der Waals surface area contributed by atoms with Crippen molar-refractivity contribution < 1.29 is 18.3 Å². The summed E-state index contributed by atoms with van der Waals surface area (Å²) in [5, 5.41) is 9.49. The molecular weight excluding hydrogens is 207 g/mol. The summed E-state index contributed by atoms with van der Waals surface area (Å²) < 4.78 is 31.3. The molecule has 0 bridgehead atoms. The van der Waals surface area contributed by atoms with Gasteiger partial charge in [-0.15, -0.1) is 0 Å². The first-order chi connectivity index (χ1) is 6.59. The number of benzene rings is 1. The number of hydrogen-bond donors (Lipinski definition) is 2. The lowest BCUT2D eigenvalue weighted by molar-refractivity contribution is 0.174. The Morgan fingerprint density at radius 1 is 1.36 bits per heavy atom. The van der Waals surface area contributed by atoms with E-state index in [0.29, 0.717) is 5.56 Å². The summed E-state index contributed by atoms with van der Waals surface area (Å²) in [6, 6.07) is 5.41. The van der Waals surface area contributed by atoms with Gasteiger partial charge in [-0.25, -0.2) is 8.60 Å². The minimum Gasteiger partial charge on any atom is -0.388 e. The van der Waals surface area contributed by atoms with Crippen molar-refractivity contribution in [2.75, 3.05) is 5.75 Å². The van der Waals surface area contributed by atoms with Crippen molar-refractivity contribution in [3.63, 3.8) is 0 Å². The Morgan fingerprint density at radius 3 is 2.43 bits per heavy atom. The van der Waals surface area contributed by atoms with Crippen molar-refractivity contribution in [1.82, 2.24) is 0 Å². The van der Waals surface area contributed by atoms with Crippen LogP contribution in [0.25, 0.3) is 0 Å². The zero-order chi connectivity index (χ0) is 10.6. The zero-order valence-electron chi connectivity index (χ0n) is 7.39. The Kier molecular flexibility index (Phi) is 4.19. The molecule has 0 aliphatic heterocycles. The molecule has 2 unspecified atom stereocenters. The van der Waals surface area contributed by atoms with Crippen molar-refractivity contribution in [2.24, 2.45) is 0 Å². The zero-order valence-corrected chi connectivity index (χ0v) is 8.21. The van der Waals surface area contributed by atoms with Crippen LogP contribution in [0.3, 0.4) is 0 Å². The lowest BCUT2D eigenvalue weighted by Crippen LogP contribution is -2.04. The molecule has 0 radical (unpaired) electrons. The molecule has 0 aliphatic rings. The standard InChI is InChI=1S/C9H11FO3S/c10-8-3-1-7(2-4-8)9(11)5-6-14(12)13/h1-4,9,11H,5-6H2,(H,12,13). The third-order valence-corrected chi connectivity index (χ3v) is 2.41. The Morgan fingerprint density at radius 2 is 1.93 bits per heavy atom. The minimum atomic E-state index is -1.90. The van der Waals surface area contributed by atoms with Gasteiger partial charge in [-0.05, 0) is 24.1 Å². The van der Waals surface area contributed by atoms with E-state index in [0.717, 1.165) is 0 Å².